The minimum absolute atomic E-state index is 0.0911. The Bertz CT molecular complexity index is 1660. The fraction of sp³-hybridized carbons (Fsp3) is 0.368. The summed E-state index contributed by atoms with van der Waals surface area (Å²) in [5.74, 6) is 0. The molecule has 2 atom stereocenters. The second kappa shape index (κ2) is 11.4. The fourth-order valence-electron chi connectivity index (χ4n) is 7.49. The maximum Gasteiger partial charge on any atom is 0.310 e. The summed E-state index contributed by atoms with van der Waals surface area (Å²) in [4.78, 5) is 0. The maximum absolute atomic E-state index is 7.30. The lowest BCUT2D eigenvalue weighted by Gasteiger charge is -2.32. The predicted octanol–water partition coefficient (Wildman–Crippen LogP) is 11.1. The molecule has 1 heterocycles. The van der Waals surface area contributed by atoms with Gasteiger partial charge >= 0.3 is 8.16 Å². The average Bonchev–Trinajstić information content (AvgIpc) is 3.21. The first kappa shape index (κ1) is 27.6. The van der Waals surface area contributed by atoms with Gasteiger partial charge in [0, 0.05) is 22.9 Å². The Balaban J connectivity index is 1.60. The van der Waals surface area contributed by atoms with Crippen molar-refractivity contribution in [2.75, 3.05) is 4.67 Å². The van der Waals surface area contributed by atoms with E-state index in [4.69, 9.17) is 8.39 Å². The SMILES string of the molecule is Cc1cc2c(c3c1op(N([C@@H](C)c1ccccc1)[C@@H](C)c1ccccc1)oc1c(C)cc4c(c13)CCCC4)CCCC2. The zero-order valence-electron chi connectivity index (χ0n) is 25.5. The van der Waals surface area contributed by atoms with Crippen LogP contribution in [0.15, 0.2) is 81.2 Å². The molecule has 216 valence electrons. The standard InChI is InChI=1S/C38H42NO2P/c1-25-23-31-19-11-13-21-33(31)35-36-34-22-14-12-20-32(34)24-26(2)38(36)41-42(40-37(25)35)39(27(3)29-15-7-5-8-16-29)28(4)30-17-9-6-10-18-30/h5-10,15-18,23-24,27-28H,11-14,19-22H2,1-4H3/t27-,28-/m0/s1. The third-order valence-electron chi connectivity index (χ3n) is 9.71. The van der Waals surface area contributed by atoms with Crippen LogP contribution in [0.4, 0.5) is 0 Å². The molecule has 0 spiro atoms. The molecule has 3 nitrogen and oxygen atoms in total. The van der Waals surface area contributed by atoms with Crippen molar-refractivity contribution in [2.24, 2.45) is 0 Å². The van der Waals surface area contributed by atoms with Crippen molar-refractivity contribution >= 4 is 30.1 Å². The lowest BCUT2D eigenvalue weighted by Crippen LogP contribution is -2.27. The lowest BCUT2D eigenvalue weighted by molar-refractivity contribution is 0.557. The van der Waals surface area contributed by atoms with Crippen LogP contribution in [-0.4, -0.2) is 0 Å². The predicted molar refractivity (Wildman–Crippen MR) is 177 cm³/mol. The molecule has 42 heavy (non-hydrogen) atoms. The molecule has 2 aliphatic carbocycles. The zero-order valence-corrected chi connectivity index (χ0v) is 26.3. The van der Waals surface area contributed by atoms with E-state index in [-0.39, 0.29) is 12.1 Å². The van der Waals surface area contributed by atoms with Crippen LogP contribution >= 0.6 is 8.16 Å². The Morgan fingerprint density at radius 1 is 0.595 bits per heavy atom. The normalized spacial score (nSPS) is 16.3. The van der Waals surface area contributed by atoms with Crippen LogP contribution in [0, 0.1) is 13.8 Å². The monoisotopic (exact) mass is 575 g/mol. The van der Waals surface area contributed by atoms with Gasteiger partial charge in [0.15, 0.2) is 0 Å². The van der Waals surface area contributed by atoms with Crippen molar-refractivity contribution in [3.63, 3.8) is 0 Å². The fourth-order valence-corrected chi connectivity index (χ4v) is 9.33. The van der Waals surface area contributed by atoms with Gasteiger partial charge in [-0.2, -0.15) is 4.67 Å². The van der Waals surface area contributed by atoms with E-state index in [0.29, 0.717) is 0 Å². The van der Waals surface area contributed by atoms with Gasteiger partial charge in [0.25, 0.3) is 0 Å². The summed E-state index contributed by atoms with van der Waals surface area (Å²) >= 11 is 0. The van der Waals surface area contributed by atoms with E-state index < -0.39 is 8.16 Å². The Kier molecular flexibility index (Phi) is 7.51. The molecular formula is C38H42NO2P. The van der Waals surface area contributed by atoms with Crippen molar-refractivity contribution in [3.05, 3.63) is 117 Å². The first-order valence-corrected chi connectivity index (χ1v) is 17.0. The Morgan fingerprint density at radius 3 is 1.43 bits per heavy atom. The molecule has 4 aromatic carbocycles. The smallest absolute Gasteiger partial charge is 0.310 e. The molecule has 0 fully saturated rings. The summed E-state index contributed by atoms with van der Waals surface area (Å²) in [5.41, 5.74) is 13.1. The topological polar surface area (TPSA) is 29.5 Å². The maximum atomic E-state index is 7.30. The second-order valence-corrected chi connectivity index (χ2v) is 13.8. The molecule has 0 aliphatic heterocycles. The minimum atomic E-state index is -1.49. The Morgan fingerprint density at radius 2 is 1.00 bits per heavy atom. The Hall–Kier alpha value is -3.26. The number of hydrogen-bond acceptors (Lipinski definition) is 3. The van der Waals surface area contributed by atoms with E-state index in [0.717, 1.165) is 36.8 Å². The first-order chi connectivity index (χ1) is 20.5. The number of benzene rings is 4. The molecule has 7 rings (SSSR count). The second-order valence-electron chi connectivity index (χ2n) is 12.5. The molecular weight excluding hydrogens is 533 g/mol. The molecule has 0 amide bonds. The van der Waals surface area contributed by atoms with E-state index in [9.17, 15) is 0 Å². The largest absolute Gasteiger partial charge is 0.407 e. The molecule has 0 bridgehead atoms. The highest BCUT2D eigenvalue weighted by Gasteiger charge is 2.31. The molecule has 4 heteroatoms. The van der Waals surface area contributed by atoms with E-state index >= 15 is 0 Å². The van der Waals surface area contributed by atoms with Gasteiger partial charge in [-0.15, -0.1) is 0 Å². The number of hydrogen-bond donors (Lipinski definition) is 0. The molecule has 0 N–H and O–H groups in total. The number of fused-ring (bicyclic) bond motifs is 7. The van der Waals surface area contributed by atoms with Crippen molar-refractivity contribution in [3.8, 4) is 0 Å². The van der Waals surface area contributed by atoms with Crippen LogP contribution in [0.1, 0.15) is 96.1 Å². The van der Waals surface area contributed by atoms with Gasteiger partial charge in [-0.3, -0.25) is 0 Å². The Labute approximate surface area is 251 Å². The van der Waals surface area contributed by atoms with Crippen LogP contribution in [0.3, 0.4) is 0 Å². The van der Waals surface area contributed by atoms with Crippen LogP contribution < -0.4 is 4.67 Å². The van der Waals surface area contributed by atoms with Gasteiger partial charge in [-0.25, -0.2) is 0 Å². The van der Waals surface area contributed by atoms with Crippen molar-refractivity contribution in [1.82, 2.24) is 0 Å². The average molecular weight is 576 g/mol. The van der Waals surface area contributed by atoms with E-state index in [1.54, 1.807) is 0 Å². The quantitative estimate of drug-likeness (QED) is 0.209. The molecule has 0 radical (unpaired) electrons. The van der Waals surface area contributed by atoms with Gasteiger partial charge in [0.05, 0.1) is 0 Å². The number of nitrogens with zero attached hydrogens (tertiary/aromatic N) is 1. The van der Waals surface area contributed by atoms with Gasteiger partial charge in [-0.05, 0) is 124 Å². The minimum Gasteiger partial charge on any atom is -0.407 e. The van der Waals surface area contributed by atoms with Crippen LogP contribution in [0.2, 0.25) is 0 Å². The summed E-state index contributed by atoms with van der Waals surface area (Å²) in [5, 5.41) is 2.68. The summed E-state index contributed by atoms with van der Waals surface area (Å²) in [6, 6.07) is 26.7. The molecule has 5 aromatic rings. The third kappa shape index (κ3) is 4.81. The van der Waals surface area contributed by atoms with Gasteiger partial charge in [-0.1, -0.05) is 72.8 Å². The number of rotatable bonds is 5. The van der Waals surface area contributed by atoms with Crippen molar-refractivity contribution < 1.29 is 8.39 Å². The zero-order chi connectivity index (χ0) is 28.8. The highest BCUT2D eigenvalue weighted by Crippen LogP contribution is 2.49. The highest BCUT2D eigenvalue weighted by molar-refractivity contribution is 7.39. The van der Waals surface area contributed by atoms with Gasteiger partial charge in [0.1, 0.15) is 11.2 Å². The van der Waals surface area contributed by atoms with Crippen molar-refractivity contribution in [2.45, 2.75) is 91.1 Å². The van der Waals surface area contributed by atoms with Gasteiger partial charge in [0.2, 0.25) is 0 Å². The third-order valence-corrected chi connectivity index (χ3v) is 11.5. The van der Waals surface area contributed by atoms with E-state index in [1.807, 2.05) is 0 Å². The first-order valence-electron chi connectivity index (χ1n) is 15.9. The van der Waals surface area contributed by atoms with Crippen LogP contribution in [-0.2, 0) is 25.7 Å². The summed E-state index contributed by atoms with van der Waals surface area (Å²) in [6.45, 7) is 9.10. The molecule has 1 aromatic heterocycles. The molecule has 2 aliphatic rings. The van der Waals surface area contributed by atoms with Crippen molar-refractivity contribution in [1.29, 1.82) is 0 Å². The highest BCUT2D eigenvalue weighted by atomic mass is 31.1. The van der Waals surface area contributed by atoms with Gasteiger partial charge < -0.3 is 8.39 Å². The molecule has 0 unspecified atom stereocenters. The van der Waals surface area contributed by atoms with E-state index in [2.05, 4.69) is 105 Å². The number of aryl methyl sites for hydroxylation is 6. The van der Waals surface area contributed by atoms with Crippen LogP contribution in [0.25, 0.3) is 21.9 Å². The lowest BCUT2D eigenvalue weighted by atomic mass is 9.82. The summed E-state index contributed by atoms with van der Waals surface area (Å²) < 4.78 is 17.1. The summed E-state index contributed by atoms with van der Waals surface area (Å²) in [7, 11) is -1.49. The molecule has 0 saturated carbocycles. The van der Waals surface area contributed by atoms with E-state index in [1.165, 1.54) is 81.0 Å². The molecule has 0 saturated heterocycles. The summed E-state index contributed by atoms with van der Waals surface area (Å²) in [6.07, 6.45) is 9.57. The van der Waals surface area contributed by atoms with Crippen LogP contribution in [0.5, 0.6) is 0 Å².